The van der Waals surface area contributed by atoms with E-state index in [1.165, 1.54) is 11.8 Å². The quantitative estimate of drug-likeness (QED) is 0.823. The number of amides is 1. The summed E-state index contributed by atoms with van der Waals surface area (Å²) in [6.45, 7) is 1.93. The van der Waals surface area contributed by atoms with Crippen molar-refractivity contribution in [1.82, 2.24) is 14.8 Å². The molecule has 116 valence electrons. The minimum atomic E-state index is -0.155. The standard InChI is InChI=1S/C14H14Cl2N4OS/c1-8-18-19-14(20(8)9-5-6-9)22-7-12(21)17-11-4-2-3-10(15)13(11)16/h2-4,9H,5-7H2,1H3,(H,17,21). The second-order valence-corrected chi connectivity index (χ2v) is 6.80. The smallest absolute Gasteiger partial charge is 0.234 e. The summed E-state index contributed by atoms with van der Waals surface area (Å²) in [7, 11) is 0. The van der Waals surface area contributed by atoms with Crippen LogP contribution in [-0.4, -0.2) is 26.4 Å². The minimum absolute atomic E-state index is 0.155. The maximum absolute atomic E-state index is 12.1. The first-order valence-corrected chi connectivity index (χ1v) is 8.58. The van der Waals surface area contributed by atoms with Crippen molar-refractivity contribution < 1.29 is 4.79 Å². The Morgan fingerprint density at radius 1 is 1.41 bits per heavy atom. The van der Waals surface area contributed by atoms with Gasteiger partial charge in [0.2, 0.25) is 5.91 Å². The number of benzene rings is 1. The molecule has 0 unspecified atom stereocenters. The first kappa shape index (κ1) is 15.6. The fraction of sp³-hybridized carbons (Fsp3) is 0.357. The fourth-order valence-electron chi connectivity index (χ4n) is 2.12. The highest BCUT2D eigenvalue weighted by Gasteiger charge is 2.28. The molecule has 1 heterocycles. The van der Waals surface area contributed by atoms with Gasteiger partial charge in [-0.1, -0.05) is 41.0 Å². The number of carbonyl (C=O) groups excluding carboxylic acids is 1. The molecule has 0 atom stereocenters. The number of aromatic nitrogens is 3. The maximum Gasteiger partial charge on any atom is 0.234 e. The Hall–Kier alpha value is -1.24. The predicted octanol–water partition coefficient (Wildman–Crippen LogP) is 3.96. The van der Waals surface area contributed by atoms with Crippen molar-refractivity contribution in [3.63, 3.8) is 0 Å². The summed E-state index contributed by atoms with van der Waals surface area (Å²) >= 11 is 13.4. The molecule has 1 saturated carbocycles. The molecule has 0 saturated heterocycles. The lowest BCUT2D eigenvalue weighted by atomic mass is 10.3. The van der Waals surface area contributed by atoms with Crippen molar-refractivity contribution in [2.24, 2.45) is 0 Å². The maximum atomic E-state index is 12.1. The van der Waals surface area contributed by atoms with Crippen LogP contribution in [0.15, 0.2) is 23.4 Å². The SMILES string of the molecule is Cc1nnc(SCC(=O)Nc2cccc(Cl)c2Cl)n1C1CC1. The van der Waals surface area contributed by atoms with Gasteiger partial charge in [-0.2, -0.15) is 0 Å². The summed E-state index contributed by atoms with van der Waals surface area (Å²) in [6, 6.07) is 5.62. The van der Waals surface area contributed by atoms with Gasteiger partial charge in [-0.25, -0.2) is 0 Å². The van der Waals surface area contributed by atoms with Crippen LogP contribution in [0.5, 0.6) is 0 Å². The highest BCUT2D eigenvalue weighted by molar-refractivity contribution is 7.99. The van der Waals surface area contributed by atoms with Gasteiger partial charge >= 0.3 is 0 Å². The Labute approximate surface area is 142 Å². The molecule has 1 aliphatic rings. The largest absolute Gasteiger partial charge is 0.324 e. The number of anilines is 1. The third kappa shape index (κ3) is 3.39. The number of aryl methyl sites for hydroxylation is 1. The molecule has 0 radical (unpaired) electrons. The molecule has 1 aliphatic carbocycles. The molecule has 0 bridgehead atoms. The van der Waals surface area contributed by atoms with Gasteiger partial charge in [0, 0.05) is 6.04 Å². The zero-order valence-corrected chi connectivity index (χ0v) is 14.2. The van der Waals surface area contributed by atoms with Crippen molar-refractivity contribution in [1.29, 1.82) is 0 Å². The molecule has 8 heteroatoms. The van der Waals surface area contributed by atoms with E-state index < -0.39 is 0 Å². The second-order valence-electron chi connectivity index (χ2n) is 5.07. The Morgan fingerprint density at radius 3 is 2.91 bits per heavy atom. The van der Waals surface area contributed by atoms with Crippen molar-refractivity contribution in [2.75, 3.05) is 11.1 Å². The molecule has 1 aromatic heterocycles. The van der Waals surface area contributed by atoms with Crippen LogP contribution in [0.1, 0.15) is 24.7 Å². The van der Waals surface area contributed by atoms with E-state index in [9.17, 15) is 4.79 Å². The van der Waals surface area contributed by atoms with Crippen LogP contribution in [0, 0.1) is 6.92 Å². The minimum Gasteiger partial charge on any atom is -0.324 e. The van der Waals surface area contributed by atoms with Crippen molar-refractivity contribution in [3.05, 3.63) is 34.1 Å². The summed E-state index contributed by atoms with van der Waals surface area (Å²) in [5, 5.41) is 12.5. The van der Waals surface area contributed by atoms with Crippen molar-refractivity contribution in [2.45, 2.75) is 31.0 Å². The Morgan fingerprint density at radius 2 is 2.18 bits per heavy atom. The van der Waals surface area contributed by atoms with Gasteiger partial charge in [0.1, 0.15) is 5.82 Å². The number of rotatable bonds is 5. The van der Waals surface area contributed by atoms with E-state index in [-0.39, 0.29) is 11.7 Å². The summed E-state index contributed by atoms with van der Waals surface area (Å²) in [5.41, 5.74) is 0.514. The lowest BCUT2D eigenvalue weighted by molar-refractivity contribution is -0.113. The average molecular weight is 357 g/mol. The van der Waals surface area contributed by atoms with Gasteiger partial charge in [0.05, 0.1) is 21.5 Å². The Bertz CT molecular complexity index is 715. The molecule has 1 amide bonds. The zero-order valence-electron chi connectivity index (χ0n) is 11.8. The van der Waals surface area contributed by atoms with Gasteiger partial charge in [0.25, 0.3) is 0 Å². The summed E-state index contributed by atoms with van der Waals surface area (Å²) in [5.74, 6) is 0.980. The Kier molecular flexibility index (Phi) is 4.61. The summed E-state index contributed by atoms with van der Waals surface area (Å²) in [4.78, 5) is 12.1. The van der Waals surface area contributed by atoms with E-state index in [1.54, 1.807) is 18.2 Å². The average Bonchev–Trinajstić information content (AvgIpc) is 3.25. The van der Waals surface area contributed by atoms with Crippen LogP contribution in [0.3, 0.4) is 0 Å². The fourth-order valence-corrected chi connectivity index (χ4v) is 3.32. The van der Waals surface area contributed by atoms with E-state index in [4.69, 9.17) is 23.2 Å². The van der Waals surface area contributed by atoms with Gasteiger partial charge in [0.15, 0.2) is 5.16 Å². The number of nitrogens with one attached hydrogen (secondary N) is 1. The molecule has 1 N–H and O–H groups in total. The van der Waals surface area contributed by atoms with E-state index in [0.717, 1.165) is 23.8 Å². The molecule has 5 nitrogen and oxygen atoms in total. The number of nitrogens with zero attached hydrogens (tertiary/aromatic N) is 3. The highest BCUT2D eigenvalue weighted by atomic mass is 35.5. The number of halogens is 2. The lowest BCUT2D eigenvalue weighted by Crippen LogP contribution is -2.15. The van der Waals surface area contributed by atoms with Gasteiger partial charge < -0.3 is 9.88 Å². The highest BCUT2D eigenvalue weighted by Crippen LogP contribution is 2.38. The summed E-state index contributed by atoms with van der Waals surface area (Å²) in [6.07, 6.45) is 2.30. The number of hydrogen-bond acceptors (Lipinski definition) is 4. The molecule has 1 fully saturated rings. The monoisotopic (exact) mass is 356 g/mol. The number of carbonyl (C=O) groups is 1. The molecular weight excluding hydrogens is 343 g/mol. The molecule has 1 aromatic carbocycles. The summed E-state index contributed by atoms with van der Waals surface area (Å²) < 4.78 is 2.10. The molecule has 0 spiro atoms. The van der Waals surface area contributed by atoms with Crippen LogP contribution in [-0.2, 0) is 4.79 Å². The van der Waals surface area contributed by atoms with Gasteiger partial charge in [-0.15, -0.1) is 10.2 Å². The molecule has 0 aliphatic heterocycles. The first-order chi connectivity index (χ1) is 10.6. The van der Waals surface area contributed by atoms with Crippen LogP contribution in [0.25, 0.3) is 0 Å². The topological polar surface area (TPSA) is 59.8 Å². The molecule has 2 aromatic rings. The van der Waals surface area contributed by atoms with Crippen LogP contribution < -0.4 is 5.32 Å². The lowest BCUT2D eigenvalue weighted by Gasteiger charge is -2.09. The molecule has 3 rings (SSSR count). The Balaban J connectivity index is 1.62. The van der Waals surface area contributed by atoms with Crippen molar-refractivity contribution in [3.8, 4) is 0 Å². The predicted molar refractivity (Wildman–Crippen MR) is 88.8 cm³/mol. The second kappa shape index (κ2) is 6.48. The number of hydrogen-bond donors (Lipinski definition) is 1. The van der Waals surface area contributed by atoms with Crippen LogP contribution >= 0.6 is 35.0 Å². The van der Waals surface area contributed by atoms with E-state index >= 15 is 0 Å². The van der Waals surface area contributed by atoms with Crippen molar-refractivity contribution >= 4 is 46.6 Å². The van der Waals surface area contributed by atoms with Crippen LogP contribution in [0.2, 0.25) is 10.0 Å². The first-order valence-electron chi connectivity index (χ1n) is 6.84. The molecule has 22 heavy (non-hydrogen) atoms. The zero-order chi connectivity index (χ0) is 15.7. The van der Waals surface area contributed by atoms with Gasteiger partial charge in [-0.3, -0.25) is 4.79 Å². The number of thioether (sulfide) groups is 1. The third-order valence-corrected chi connectivity index (χ3v) is 5.07. The van der Waals surface area contributed by atoms with E-state index in [0.29, 0.717) is 21.8 Å². The van der Waals surface area contributed by atoms with Gasteiger partial charge in [-0.05, 0) is 31.9 Å². The van der Waals surface area contributed by atoms with E-state index in [2.05, 4.69) is 20.1 Å². The van der Waals surface area contributed by atoms with E-state index in [1.807, 2.05) is 6.92 Å². The normalized spacial score (nSPS) is 14.1. The molecular formula is C14H14Cl2N4OS. The third-order valence-electron chi connectivity index (χ3n) is 3.31. The van der Waals surface area contributed by atoms with Crippen LogP contribution in [0.4, 0.5) is 5.69 Å².